The molecule has 3 aromatic carbocycles. The fourth-order valence-electron chi connectivity index (χ4n) is 2.79. The lowest BCUT2D eigenvalue weighted by atomic mass is 10.2. The molecule has 2 N–H and O–H groups in total. The van der Waals surface area contributed by atoms with Gasteiger partial charge in [0.1, 0.15) is 23.0 Å². The van der Waals surface area contributed by atoms with Gasteiger partial charge in [-0.3, -0.25) is 0 Å². The maximum atomic E-state index is 10.2. The minimum Gasteiger partial charge on any atom is -0.508 e. The largest absolute Gasteiger partial charge is 0.508 e. The normalized spacial score (nSPS) is 10.6. The van der Waals surface area contributed by atoms with Crippen LogP contribution in [0.3, 0.4) is 0 Å². The Bertz CT molecular complexity index is 1140. The summed E-state index contributed by atoms with van der Waals surface area (Å²) in [6, 6.07) is 19.0. The van der Waals surface area contributed by atoms with Crippen molar-refractivity contribution in [1.82, 2.24) is 15.0 Å². The van der Waals surface area contributed by atoms with Crippen molar-refractivity contribution in [1.29, 1.82) is 0 Å². The van der Waals surface area contributed by atoms with E-state index >= 15 is 0 Å². The maximum Gasteiger partial charge on any atom is 0.328 e. The first-order valence-electron chi connectivity index (χ1n) is 9.25. The topological polar surface area (TPSA) is 97.6 Å². The zero-order chi connectivity index (χ0) is 21.1. The number of hydrogen-bond acceptors (Lipinski definition) is 7. The van der Waals surface area contributed by atoms with Gasteiger partial charge in [0.15, 0.2) is 5.82 Å². The Morgan fingerprint density at radius 1 is 0.667 bits per heavy atom. The van der Waals surface area contributed by atoms with E-state index in [9.17, 15) is 10.2 Å². The number of nitrogens with zero attached hydrogens (tertiary/aromatic N) is 3. The van der Waals surface area contributed by atoms with Crippen molar-refractivity contribution in [3.05, 3.63) is 77.9 Å². The van der Waals surface area contributed by atoms with E-state index < -0.39 is 0 Å². The molecule has 0 saturated carbocycles. The zero-order valence-corrected chi connectivity index (χ0v) is 16.4. The van der Waals surface area contributed by atoms with Crippen molar-refractivity contribution < 1.29 is 19.7 Å². The highest BCUT2D eigenvalue weighted by molar-refractivity contribution is 5.66. The van der Waals surface area contributed by atoms with E-state index in [-0.39, 0.29) is 34.9 Å². The summed E-state index contributed by atoms with van der Waals surface area (Å²) >= 11 is 0. The fourth-order valence-corrected chi connectivity index (χ4v) is 2.79. The Morgan fingerprint density at radius 3 is 1.73 bits per heavy atom. The Morgan fingerprint density at radius 2 is 1.20 bits per heavy atom. The van der Waals surface area contributed by atoms with E-state index in [1.165, 1.54) is 18.2 Å². The fraction of sp³-hybridized carbons (Fsp3) is 0.0870. The molecule has 0 amide bonds. The molecule has 30 heavy (non-hydrogen) atoms. The van der Waals surface area contributed by atoms with Gasteiger partial charge in [0.05, 0.1) is 5.56 Å². The van der Waals surface area contributed by atoms with Crippen LogP contribution in [-0.2, 0) is 0 Å². The van der Waals surface area contributed by atoms with Crippen molar-refractivity contribution in [2.75, 3.05) is 0 Å². The number of benzene rings is 3. The first-order chi connectivity index (χ1) is 14.5. The van der Waals surface area contributed by atoms with Gasteiger partial charge in [-0.2, -0.15) is 9.97 Å². The summed E-state index contributed by atoms with van der Waals surface area (Å²) in [5.41, 5.74) is 2.03. The van der Waals surface area contributed by atoms with Gasteiger partial charge in [0.2, 0.25) is 0 Å². The van der Waals surface area contributed by atoms with E-state index in [4.69, 9.17) is 9.47 Å². The van der Waals surface area contributed by atoms with Gasteiger partial charge >= 0.3 is 12.0 Å². The average Bonchev–Trinajstić information content (AvgIpc) is 2.73. The van der Waals surface area contributed by atoms with Crippen molar-refractivity contribution in [3.63, 3.8) is 0 Å². The smallest absolute Gasteiger partial charge is 0.328 e. The predicted molar refractivity (Wildman–Crippen MR) is 111 cm³/mol. The molecule has 4 aromatic rings. The second-order valence-electron chi connectivity index (χ2n) is 6.66. The predicted octanol–water partition coefficient (Wildman–Crippen LogP) is 5.15. The Balaban J connectivity index is 1.80. The number of rotatable bonds is 5. The lowest BCUT2D eigenvalue weighted by molar-refractivity contribution is 0.395. The number of ether oxygens (including phenoxy) is 2. The molecule has 0 atom stereocenters. The first-order valence-corrected chi connectivity index (χ1v) is 9.25. The van der Waals surface area contributed by atoms with Crippen LogP contribution in [0.25, 0.3) is 11.4 Å². The number of hydrogen-bond donors (Lipinski definition) is 2. The highest BCUT2D eigenvalue weighted by Gasteiger charge is 2.16. The summed E-state index contributed by atoms with van der Waals surface area (Å²) in [5, 5.41) is 20.1. The highest BCUT2D eigenvalue weighted by atomic mass is 16.5. The third-order valence-corrected chi connectivity index (χ3v) is 4.41. The molecular formula is C23H19N3O4. The van der Waals surface area contributed by atoms with Gasteiger partial charge in [-0.25, -0.2) is 0 Å². The Kier molecular flexibility index (Phi) is 5.17. The molecule has 1 heterocycles. The third-order valence-electron chi connectivity index (χ3n) is 4.41. The molecule has 0 aliphatic carbocycles. The molecule has 0 spiro atoms. The van der Waals surface area contributed by atoms with Gasteiger partial charge in [0.25, 0.3) is 0 Å². The van der Waals surface area contributed by atoms with Crippen molar-refractivity contribution in [3.8, 4) is 46.4 Å². The molecular weight excluding hydrogens is 382 g/mol. The number of phenolic OH excluding ortho intramolecular Hbond substituents is 2. The molecule has 7 heteroatoms. The van der Waals surface area contributed by atoms with E-state index in [0.717, 1.165) is 11.1 Å². The number of para-hydroxylation sites is 2. The summed E-state index contributed by atoms with van der Waals surface area (Å²) in [6.45, 7) is 3.81. The summed E-state index contributed by atoms with van der Waals surface area (Å²) < 4.78 is 11.7. The summed E-state index contributed by atoms with van der Waals surface area (Å²) in [5.74, 6) is 1.13. The van der Waals surface area contributed by atoms with E-state index in [2.05, 4.69) is 15.0 Å². The molecule has 0 fully saturated rings. The summed E-state index contributed by atoms with van der Waals surface area (Å²) in [4.78, 5) is 12.9. The van der Waals surface area contributed by atoms with Crippen molar-refractivity contribution in [2.45, 2.75) is 13.8 Å². The van der Waals surface area contributed by atoms with Crippen LogP contribution in [0.1, 0.15) is 11.1 Å². The second-order valence-corrected chi connectivity index (χ2v) is 6.66. The van der Waals surface area contributed by atoms with Crippen LogP contribution in [0.2, 0.25) is 0 Å². The molecule has 0 aliphatic rings. The highest BCUT2D eigenvalue weighted by Crippen LogP contribution is 2.33. The Labute approximate surface area is 173 Å². The van der Waals surface area contributed by atoms with Crippen molar-refractivity contribution in [2.24, 2.45) is 0 Å². The van der Waals surface area contributed by atoms with Gasteiger partial charge in [-0.15, -0.1) is 4.98 Å². The van der Waals surface area contributed by atoms with Gasteiger partial charge in [-0.05, 0) is 55.3 Å². The van der Waals surface area contributed by atoms with Crippen LogP contribution >= 0.6 is 0 Å². The van der Waals surface area contributed by atoms with Crippen LogP contribution in [0.5, 0.6) is 35.0 Å². The minimum absolute atomic E-state index is 0.000581. The van der Waals surface area contributed by atoms with Gasteiger partial charge < -0.3 is 19.7 Å². The monoisotopic (exact) mass is 401 g/mol. The van der Waals surface area contributed by atoms with E-state index in [1.54, 1.807) is 12.1 Å². The van der Waals surface area contributed by atoms with Gasteiger partial charge in [-0.1, -0.05) is 36.4 Å². The molecule has 0 bridgehead atoms. The number of phenols is 2. The van der Waals surface area contributed by atoms with Crippen molar-refractivity contribution >= 4 is 0 Å². The van der Waals surface area contributed by atoms with E-state index in [0.29, 0.717) is 11.5 Å². The standard InChI is InChI=1S/C23H19N3O4/c1-14-7-3-5-9-19(14)29-22-24-21(17-13-16(27)11-12-18(17)28)25-23(26-22)30-20-10-6-4-8-15(20)2/h3-13,27-28H,1-2H3. The zero-order valence-electron chi connectivity index (χ0n) is 16.4. The lowest BCUT2D eigenvalue weighted by Crippen LogP contribution is -2.02. The molecule has 0 saturated heterocycles. The second kappa shape index (κ2) is 8.08. The number of aromatic hydroxyl groups is 2. The quantitative estimate of drug-likeness (QED) is 0.446. The maximum absolute atomic E-state index is 10.2. The summed E-state index contributed by atoms with van der Waals surface area (Å²) in [7, 11) is 0. The van der Waals surface area contributed by atoms with Crippen LogP contribution in [0.4, 0.5) is 0 Å². The van der Waals surface area contributed by atoms with Crippen LogP contribution in [0.15, 0.2) is 66.7 Å². The molecule has 4 rings (SSSR count). The molecule has 0 radical (unpaired) electrons. The van der Waals surface area contributed by atoms with Crippen LogP contribution in [0, 0.1) is 13.8 Å². The van der Waals surface area contributed by atoms with Gasteiger partial charge in [0, 0.05) is 0 Å². The average molecular weight is 401 g/mol. The molecule has 0 unspecified atom stereocenters. The van der Waals surface area contributed by atoms with Crippen LogP contribution < -0.4 is 9.47 Å². The number of aryl methyl sites for hydroxylation is 2. The SMILES string of the molecule is Cc1ccccc1Oc1nc(Oc2ccccc2C)nc(-c2cc(O)ccc2O)n1. The molecule has 0 aliphatic heterocycles. The van der Waals surface area contributed by atoms with E-state index in [1.807, 2.05) is 50.2 Å². The number of aromatic nitrogens is 3. The summed E-state index contributed by atoms with van der Waals surface area (Å²) in [6.07, 6.45) is 0. The molecule has 1 aromatic heterocycles. The third kappa shape index (κ3) is 4.15. The molecule has 150 valence electrons. The first kappa shape index (κ1) is 19.2. The molecule has 7 nitrogen and oxygen atoms in total. The minimum atomic E-state index is -0.0947. The Hall–Kier alpha value is -4.13. The van der Waals surface area contributed by atoms with Crippen LogP contribution in [-0.4, -0.2) is 25.2 Å². The lowest BCUT2D eigenvalue weighted by Gasteiger charge is -2.12.